The van der Waals surface area contributed by atoms with E-state index < -0.39 is 24.5 Å². The van der Waals surface area contributed by atoms with Gasteiger partial charge in [0.05, 0.1) is 6.61 Å². The van der Waals surface area contributed by atoms with Crippen LogP contribution in [0.25, 0.3) is 0 Å². The molecule has 7 heteroatoms. The van der Waals surface area contributed by atoms with Crippen LogP contribution in [0.2, 0.25) is 6.32 Å². The van der Waals surface area contributed by atoms with Crippen molar-refractivity contribution < 1.29 is 25.1 Å². The van der Waals surface area contributed by atoms with Crippen LogP contribution in [-0.4, -0.2) is 52.5 Å². The molecule has 0 aromatic rings. The lowest BCUT2D eigenvalue weighted by Crippen LogP contribution is -2.67. The van der Waals surface area contributed by atoms with Crippen LogP contribution < -0.4 is 5.32 Å². The van der Waals surface area contributed by atoms with E-state index >= 15 is 0 Å². The molecule has 0 aromatic carbocycles. The minimum atomic E-state index is -1.36. The summed E-state index contributed by atoms with van der Waals surface area (Å²) in [5, 5.41) is 38.1. The lowest BCUT2D eigenvalue weighted by molar-refractivity contribution is -0.150. The van der Waals surface area contributed by atoms with E-state index in [4.69, 9.17) is 15.2 Å². The van der Waals surface area contributed by atoms with E-state index in [1.165, 1.54) is 0 Å². The summed E-state index contributed by atoms with van der Waals surface area (Å²) >= 11 is 0. The van der Waals surface area contributed by atoms with Crippen LogP contribution >= 0.6 is 0 Å². The maximum absolute atomic E-state index is 10.8. The first-order valence-corrected chi connectivity index (χ1v) is 4.95. The van der Waals surface area contributed by atoms with E-state index in [-0.39, 0.29) is 12.9 Å². The Balaban J connectivity index is 2.44. The molecule has 1 heterocycles. The predicted molar refractivity (Wildman–Crippen MR) is 53.2 cm³/mol. The molecule has 0 bridgehead atoms. The molecule has 1 aliphatic rings. The largest absolute Gasteiger partial charge is 0.480 e. The summed E-state index contributed by atoms with van der Waals surface area (Å²) in [7, 11) is -1.36. The fourth-order valence-corrected chi connectivity index (χ4v) is 1.94. The molecule has 0 saturated carbocycles. The van der Waals surface area contributed by atoms with Gasteiger partial charge in [-0.25, -0.2) is 0 Å². The molecular formula is C8H16BNO5. The summed E-state index contributed by atoms with van der Waals surface area (Å²) in [6, 6.07) is -0.724. The fourth-order valence-electron chi connectivity index (χ4n) is 1.94. The number of hydrogen-bond donors (Lipinski definition) is 5. The smallest absolute Gasteiger partial charge is 0.451 e. The third-order valence-electron chi connectivity index (χ3n) is 2.97. The maximum atomic E-state index is 10.8. The van der Waals surface area contributed by atoms with Gasteiger partial charge in [0.25, 0.3) is 0 Å². The van der Waals surface area contributed by atoms with Gasteiger partial charge >= 0.3 is 13.1 Å². The van der Waals surface area contributed by atoms with Crippen molar-refractivity contribution in [3.63, 3.8) is 0 Å². The average molecular weight is 217 g/mol. The average Bonchev–Trinajstić information content (AvgIpc) is 2.09. The first-order valence-electron chi connectivity index (χ1n) is 4.95. The zero-order valence-electron chi connectivity index (χ0n) is 8.39. The maximum Gasteiger partial charge on any atom is 0.451 e. The van der Waals surface area contributed by atoms with Gasteiger partial charge in [-0.15, -0.1) is 0 Å². The van der Waals surface area contributed by atoms with Crippen LogP contribution in [0.1, 0.15) is 12.8 Å². The molecule has 6 nitrogen and oxygen atoms in total. The Hall–Kier alpha value is -0.625. The molecule has 2 unspecified atom stereocenters. The highest BCUT2D eigenvalue weighted by Gasteiger charge is 2.49. The van der Waals surface area contributed by atoms with Gasteiger partial charge in [0.1, 0.15) is 6.04 Å². The third-order valence-corrected chi connectivity index (χ3v) is 2.97. The zero-order valence-corrected chi connectivity index (χ0v) is 8.39. The number of carboxylic acid groups (broad SMARTS) is 1. The van der Waals surface area contributed by atoms with E-state index in [1.807, 2.05) is 0 Å². The highest BCUT2D eigenvalue weighted by Crippen LogP contribution is 2.35. The molecule has 1 saturated heterocycles. The van der Waals surface area contributed by atoms with Crippen LogP contribution in [0.4, 0.5) is 0 Å². The van der Waals surface area contributed by atoms with Crippen LogP contribution in [0.3, 0.4) is 0 Å². The molecule has 0 radical (unpaired) electrons. The van der Waals surface area contributed by atoms with Crippen molar-refractivity contribution in [1.82, 2.24) is 5.32 Å². The quantitative estimate of drug-likeness (QED) is 0.338. The Morgan fingerprint density at radius 1 is 1.53 bits per heavy atom. The van der Waals surface area contributed by atoms with E-state index in [1.54, 1.807) is 0 Å². The molecule has 0 aliphatic carbocycles. The second-order valence-corrected chi connectivity index (χ2v) is 4.05. The van der Waals surface area contributed by atoms with Crippen molar-refractivity contribution in [3.8, 4) is 0 Å². The summed E-state index contributed by atoms with van der Waals surface area (Å²) in [5.41, 5.74) is -0.638. The molecule has 1 rings (SSSR count). The van der Waals surface area contributed by atoms with Crippen molar-refractivity contribution in [1.29, 1.82) is 0 Å². The topological polar surface area (TPSA) is 110 Å². The highest BCUT2D eigenvalue weighted by molar-refractivity contribution is 6.40. The normalized spacial score (nSPS) is 29.7. The van der Waals surface area contributed by atoms with Crippen molar-refractivity contribution >= 4 is 13.1 Å². The van der Waals surface area contributed by atoms with Crippen LogP contribution in [-0.2, 0) is 4.79 Å². The molecule has 1 fully saturated rings. The minimum Gasteiger partial charge on any atom is -0.480 e. The first kappa shape index (κ1) is 12.4. The molecule has 15 heavy (non-hydrogen) atoms. The lowest BCUT2D eigenvalue weighted by Gasteiger charge is -2.47. The van der Waals surface area contributed by atoms with E-state index in [2.05, 4.69) is 5.32 Å². The lowest BCUT2D eigenvalue weighted by atomic mass is 9.68. The summed E-state index contributed by atoms with van der Waals surface area (Å²) in [6.45, 7) is 0.264. The van der Waals surface area contributed by atoms with Crippen molar-refractivity contribution in [2.45, 2.75) is 25.2 Å². The first-order chi connectivity index (χ1) is 7.02. The second-order valence-electron chi connectivity index (χ2n) is 4.05. The van der Waals surface area contributed by atoms with Crippen molar-refractivity contribution in [3.05, 3.63) is 0 Å². The Bertz CT molecular complexity index is 233. The molecule has 0 aromatic heterocycles. The van der Waals surface area contributed by atoms with Gasteiger partial charge in [-0.05, 0) is 12.7 Å². The minimum absolute atomic E-state index is 0.196. The molecule has 0 amide bonds. The number of aliphatic carboxylic acids is 1. The molecular weight excluding hydrogens is 201 g/mol. The summed E-state index contributed by atoms with van der Waals surface area (Å²) in [6.07, 6.45) is 1.17. The Labute approximate surface area is 88.1 Å². The SMILES string of the molecule is O=C(O)C1NCC1(CO)CCCB(O)O. The second kappa shape index (κ2) is 4.93. The van der Waals surface area contributed by atoms with Gasteiger partial charge in [-0.3, -0.25) is 4.79 Å². The monoisotopic (exact) mass is 217 g/mol. The van der Waals surface area contributed by atoms with Gasteiger partial charge in [-0.1, -0.05) is 6.42 Å². The number of carboxylic acids is 1. The van der Waals surface area contributed by atoms with Gasteiger partial charge in [-0.2, -0.15) is 0 Å². The molecule has 0 spiro atoms. The number of carbonyl (C=O) groups is 1. The molecule has 1 aliphatic heterocycles. The Kier molecular flexibility index (Phi) is 4.09. The van der Waals surface area contributed by atoms with Crippen molar-refractivity contribution in [2.24, 2.45) is 5.41 Å². The van der Waals surface area contributed by atoms with Gasteiger partial charge < -0.3 is 25.6 Å². The molecule has 86 valence electrons. The Morgan fingerprint density at radius 3 is 2.53 bits per heavy atom. The van der Waals surface area contributed by atoms with E-state index in [0.717, 1.165) is 0 Å². The highest BCUT2D eigenvalue weighted by atomic mass is 16.4. The van der Waals surface area contributed by atoms with Gasteiger partial charge in [0.15, 0.2) is 0 Å². The zero-order chi connectivity index (χ0) is 11.5. The predicted octanol–water partition coefficient (Wildman–Crippen LogP) is -1.73. The number of rotatable bonds is 6. The van der Waals surface area contributed by atoms with Crippen molar-refractivity contribution in [2.75, 3.05) is 13.2 Å². The molecule has 2 atom stereocenters. The Morgan fingerprint density at radius 2 is 2.20 bits per heavy atom. The number of hydrogen-bond acceptors (Lipinski definition) is 5. The number of aliphatic hydroxyl groups is 1. The van der Waals surface area contributed by atoms with Crippen LogP contribution in [0.5, 0.6) is 0 Å². The fraction of sp³-hybridized carbons (Fsp3) is 0.875. The summed E-state index contributed by atoms with van der Waals surface area (Å²) in [4.78, 5) is 10.8. The standard InChI is InChI=1S/C8H16BNO5/c11-5-8(2-1-3-9(14)15)4-10-6(8)7(12)13/h6,10-11,14-15H,1-5H2,(H,12,13). The van der Waals surface area contributed by atoms with E-state index in [0.29, 0.717) is 19.4 Å². The van der Waals surface area contributed by atoms with Gasteiger partial charge in [0, 0.05) is 12.0 Å². The number of nitrogens with one attached hydrogen (secondary N) is 1. The molecule has 5 N–H and O–H groups in total. The third kappa shape index (κ3) is 2.69. The summed E-state index contributed by atoms with van der Waals surface area (Å²) in [5.74, 6) is -0.972. The van der Waals surface area contributed by atoms with Crippen LogP contribution in [0, 0.1) is 5.41 Å². The summed E-state index contributed by atoms with van der Waals surface area (Å²) < 4.78 is 0. The number of aliphatic hydroxyl groups excluding tert-OH is 1. The van der Waals surface area contributed by atoms with Crippen LogP contribution in [0.15, 0.2) is 0 Å². The van der Waals surface area contributed by atoms with Gasteiger partial charge in [0.2, 0.25) is 0 Å². The van der Waals surface area contributed by atoms with E-state index in [9.17, 15) is 9.90 Å².